The van der Waals surface area contributed by atoms with Gasteiger partial charge < -0.3 is 5.32 Å². The van der Waals surface area contributed by atoms with E-state index in [0.29, 0.717) is 6.54 Å². The predicted octanol–water partition coefficient (Wildman–Crippen LogP) is 1.20. The topological polar surface area (TPSA) is 15.3 Å². The molecule has 0 fully saturated rings. The summed E-state index contributed by atoms with van der Waals surface area (Å²) in [6.45, 7) is 4.49. The number of likely N-dealkylation sites (N-methyl/N-ethyl adjacent to an activating group) is 1. The average Bonchev–Trinajstić information content (AvgIpc) is 1.66. The average molecular weight is 352 g/mol. The van der Waals surface area contributed by atoms with E-state index in [4.69, 9.17) is 23.6 Å². The van der Waals surface area contributed by atoms with Crippen LogP contribution in [0.2, 0.25) is 0 Å². The normalized spacial score (nSPS) is 9.33. The Hall–Kier alpha value is 1.19. The van der Waals surface area contributed by atoms with Gasteiger partial charge in [-0.1, -0.05) is 6.92 Å². The Morgan fingerprint density at radius 1 is 1.44 bits per heavy atom. The molecule has 1 N–H and O–H groups in total. The molecular weight excluding hydrogens is 342 g/mol. The van der Waals surface area contributed by atoms with Crippen molar-refractivity contribution in [2.45, 2.75) is 6.92 Å². The van der Waals surface area contributed by atoms with Crippen molar-refractivity contribution in [1.29, 1.82) is 0 Å². The Morgan fingerprint density at radius 2 is 2.00 bits per heavy atom. The van der Waals surface area contributed by atoms with Crippen molar-refractivity contribution in [1.82, 2.24) is 9.25 Å². The number of halogens is 2. The summed E-state index contributed by atoms with van der Waals surface area (Å²) in [7, 11) is 0. The number of nitrogens with zero attached hydrogens (tertiary/aromatic N) is 1. The van der Waals surface area contributed by atoms with E-state index in [9.17, 15) is 0 Å². The molecule has 0 atom stereocenters. The second kappa shape index (κ2) is 9.19. The third kappa shape index (κ3) is 12.4. The van der Waals surface area contributed by atoms with Gasteiger partial charge in [0.25, 0.3) is 0 Å². The molecule has 0 saturated heterocycles. The molecule has 9 heavy (non-hydrogen) atoms. The smallest absolute Gasteiger partial charge is 0.0429 e. The van der Waals surface area contributed by atoms with Gasteiger partial charge in [-0.2, -0.15) is 0 Å². The molecule has 0 aromatic heterocycles. The Morgan fingerprint density at radius 3 is 2.33 bits per heavy atom. The Labute approximate surface area is 80.4 Å². The summed E-state index contributed by atoms with van der Waals surface area (Å²) in [5.41, 5.74) is 0. The van der Waals surface area contributed by atoms with E-state index >= 15 is 0 Å². The van der Waals surface area contributed by atoms with Gasteiger partial charge in [-0.3, -0.25) is 0 Å². The molecule has 60 valence electrons. The molecule has 0 aliphatic rings. The van der Waals surface area contributed by atoms with Crippen LogP contribution >= 0.6 is 23.6 Å². The Balaban J connectivity index is 0. The molecule has 0 saturated carbocycles. The van der Waals surface area contributed by atoms with Gasteiger partial charge in [0.15, 0.2) is 0 Å². The predicted molar refractivity (Wildman–Crippen MR) is 37.0 cm³/mol. The third-order valence-corrected chi connectivity index (χ3v) is 1.05. The van der Waals surface area contributed by atoms with Crippen molar-refractivity contribution in [3.63, 3.8) is 0 Å². The molecule has 0 aliphatic carbocycles. The van der Waals surface area contributed by atoms with Crippen molar-refractivity contribution in [2.24, 2.45) is 0 Å². The summed E-state index contributed by atoms with van der Waals surface area (Å²) < 4.78 is 1.11. The molecule has 2 nitrogen and oxygen atoms in total. The molecule has 0 radical (unpaired) electrons. The van der Waals surface area contributed by atoms with Crippen LogP contribution in [0.25, 0.3) is 0 Å². The van der Waals surface area contributed by atoms with Crippen LogP contribution in [0.3, 0.4) is 0 Å². The fraction of sp³-hybridized carbons (Fsp3) is 1.00. The minimum Gasteiger partial charge on any atom is -0.316 e. The molecule has 0 spiro atoms. The zero-order chi connectivity index (χ0) is 6.41. The summed E-state index contributed by atoms with van der Waals surface area (Å²) in [4.78, 5) is 0. The van der Waals surface area contributed by atoms with Gasteiger partial charge in [0.1, 0.15) is 0 Å². The summed E-state index contributed by atoms with van der Waals surface area (Å²) in [6.07, 6.45) is 0. The quantitative estimate of drug-likeness (QED) is 0.605. The minimum atomic E-state index is 0. The van der Waals surface area contributed by atoms with Crippen LogP contribution in [-0.4, -0.2) is 23.6 Å². The fourth-order valence-electron chi connectivity index (χ4n) is 0.340. The molecule has 0 aliphatic heterocycles. The van der Waals surface area contributed by atoms with Crippen LogP contribution in [0, 0.1) is 0 Å². The summed E-state index contributed by atoms with van der Waals surface area (Å²) in [6, 6.07) is 0. The maximum atomic E-state index is 5.27. The Bertz CT molecular complexity index is 53.8. The molecule has 0 rings (SSSR count). The third-order valence-electron chi connectivity index (χ3n) is 0.708. The number of rotatable bonds is 4. The summed E-state index contributed by atoms with van der Waals surface area (Å²) in [5.74, 6) is 0. The molecule has 0 unspecified atom stereocenters. The van der Waals surface area contributed by atoms with Crippen LogP contribution in [0.5, 0.6) is 0 Å². The molecule has 5 heteroatoms. The van der Waals surface area contributed by atoms with E-state index < -0.39 is 0 Å². The molecule has 0 aromatic rings. The molecular formula is C4H10Cl2N2Pt. The van der Waals surface area contributed by atoms with E-state index in [1.807, 2.05) is 6.92 Å². The van der Waals surface area contributed by atoms with E-state index in [2.05, 4.69) is 5.32 Å². The first-order valence-electron chi connectivity index (χ1n) is 2.57. The monoisotopic (exact) mass is 351 g/mol. The summed E-state index contributed by atoms with van der Waals surface area (Å²) in [5, 5.41) is 3.07. The van der Waals surface area contributed by atoms with Crippen LogP contribution in [0.1, 0.15) is 6.92 Å². The van der Waals surface area contributed by atoms with E-state index in [0.717, 1.165) is 17.0 Å². The van der Waals surface area contributed by atoms with Gasteiger partial charge in [-0.25, -0.2) is 0 Å². The number of hydrogen-bond donors (Lipinski definition) is 1. The van der Waals surface area contributed by atoms with E-state index in [1.54, 1.807) is 0 Å². The molecule has 0 heterocycles. The maximum absolute atomic E-state index is 5.27. The van der Waals surface area contributed by atoms with Crippen molar-refractivity contribution >= 4 is 23.6 Å². The molecule has 0 bridgehead atoms. The van der Waals surface area contributed by atoms with Crippen molar-refractivity contribution in [2.75, 3.05) is 19.6 Å². The first-order valence-corrected chi connectivity index (χ1v) is 3.24. The largest absolute Gasteiger partial charge is 0.316 e. The number of hydrogen-bond acceptors (Lipinski definition) is 2. The molecule has 0 aromatic carbocycles. The zero-order valence-corrected chi connectivity index (χ0v) is 8.92. The van der Waals surface area contributed by atoms with Gasteiger partial charge in [-0.15, -0.1) is 3.94 Å². The first-order chi connectivity index (χ1) is 3.77. The van der Waals surface area contributed by atoms with Crippen LogP contribution < -0.4 is 5.32 Å². The van der Waals surface area contributed by atoms with Crippen molar-refractivity contribution in [3.8, 4) is 0 Å². The van der Waals surface area contributed by atoms with Gasteiger partial charge in [0.05, 0.1) is 0 Å². The second-order valence-electron chi connectivity index (χ2n) is 1.38. The van der Waals surface area contributed by atoms with Gasteiger partial charge >= 0.3 is 0 Å². The molecule has 0 amide bonds. The standard InChI is InChI=1S/C4H10Cl2N2.Pt/c1-2-7-3-4-8(5)6;/h7H,2-4H2,1H3;. The maximum Gasteiger partial charge on any atom is 0.0429 e. The fourth-order valence-corrected chi connectivity index (χ4v) is 0.509. The SMILES string of the molecule is CCNCCN(Cl)Cl.[Pt]. The zero-order valence-electron chi connectivity index (χ0n) is 5.14. The van der Waals surface area contributed by atoms with Gasteiger partial charge in [0, 0.05) is 34.2 Å². The van der Waals surface area contributed by atoms with E-state index in [1.165, 1.54) is 0 Å². The number of nitrogens with one attached hydrogen (secondary N) is 1. The second-order valence-corrected chi connectivity index (χ2v) is 2.37. The Kier molecular flexibility index (Phi) is 13.1. The van der Waals surface area contributed by atoms with E-state index in [-0.39, 0.29) is 21.1 Å². The minimum absolute atomic E-state index is 0. The first kappa shape index (κ1) is 12.8. The van der Waals surface area contributed by atoms with Crippen molar-refractivity contribution < 1.29 is 21.1 Å². The van der Waals surface area contributed by atoms with Crippen LogP contribution in [0.15, 0.2) is 0 Å². The van der Waals surface area contributed by atoms with Gasteiger partial charge in [0.2, 0.25) is 0 Å². The van der Waals surface area contributed by atoms with Crippen molar-refractivity contribution in [3.05, 3.63) is 0 Å². The van der Waals surface area contributed by atoms with Gasteiger partial charge in [-0.05, 0) is 30.1 Å². The van der Waals surface area contributed by atoms with Crippen LogP contribution in [-0.2, 0) is 21.1 Å². The summed E-state index contributed by atoms with van der Waals surface area (Å²) >= 11 is 10.5. The van der Waals surface area contributed by atoms with Crippen LogP contribution in [0.4, 0.5) is 0 Å².